The van der Waals surface area contributed by atoms with Crippen molar-refractivity contribution in [3.8, 4) is 5.75 Å². The van der Waals surface area contributed by atoms with Crippen molar-refractivity contribution in [3.05, 3.63) is 75.6 Å². The van der Waals surface area contributed by atoms with E-state index in [1.807, 2.05) is 0 Å². The molecule has 0 aliphatic carbocycles. The third kappa shape index (κ3) is 3.33. The summed E-state index contributed by atoms with van der Waals surface area (Å²) >= 11 is 0. The standard InChI is InChI=1S/C23H19F3O6/c1-3-30-21(28)18-16(13-10-8-12(2)9-11-13)17-19(32-22(18,29)23(24,25)26)14-6-4-5-7-15(14)31-20(17)27/h4-11,16,18,29H,3H2,1-2H3. The quantitative estimate of drug-likeness (QED) is 0.481. The number of ether oxygens (including phenoxy) is 2. The van der Waals surface area contributed by atoms with Gasteiger partial charge in [0.05, 0.1) is 17.6 Å². The molecule has 1 N–H and O–H groups in total. The van der Waals surface area contributed by atoms with Crippen molar-refractivity contribution < 1.29 is 37.0 Å². The molecular weight excluding hydrogens is 429 g/mol. The van der Waals surface area contributed by atoms with Gasteiger partial charge in [0, 0.05) is 5.92 Å². The number of carbonyl (C=O) groups excluding carboxylic acids is 1. The Balaban J connectivity index is 2.11. The Hall–Kier alpha value is -3.33. The number of carbonyl (C=O) groups is 1. The zero-order chi connectivity index (χ0) is 23.3. The molecule has 3 aromatic rings. The first kappa shape index (κ1) is 21.9. The van der Waals surface area contributed by atoms with E-state index < -0.39 is 41.1 Å². The van der Waals surface area contributed by atoms with Gasteiger partial charge in [-0.15, -0.1) is 0 Å². The number of hydrogen-bond acceptors (Lipinski definition) is 6. The van der Waals surface area contributed by atoms with Gasteiger partial charge < -0.3 is 19.0 Å². The average Bonchev–Trinajstić information content (AvgIpc) is 2.73. The second kappa shape index (κ2) is 7.67. The number of benzene rings is 2. The van der Waals surface area contributed by atoms with Crippen LogP contribution >= 0.6 is 0 Å². The lowest BCUT2D eigenvalue weighted by molar-refractivity contribution is -0.358. The largest absolute Gasteiger partial charge is 0.466 e. The van der Waals surface area contributed by atoms with Crippen LogP contribution in [0.25, 0.3) is 11.0 Å². The molecule has 4 rings (SSSR count). The first-order valence-corrected chi connectivity index (χ1v) is 9.85. The monoisotopic (exact) mass is 448 g/mol. The number of para-hydroxylation sites is 1. The Morgan fingerprint density at radius 2 is 1.81 bits per heavy atom. The molecule has 9 heteroatoms. The first-order valence-electron chi connectivity index (χ1n) is 9.85. The maximum Gasteiger partial charge on any atom is 0.456 e. The summed E-state index contributed by atoms with van der Waals surface area (Å²) in [4.78, 5) is 25.8. The van der Waals surface area contributed by atoms with Crippen LogP contribution in [0.15, 0.2) is 57.7 Å². The van der Waals surface area contributed by atoms with E-state index in [2.05, 4.69) is 0 Å². The van der Waals surface area contributed by atoms with Crippen molar-refractivity contribution in [1.29, 1.82) is 0 Å². The molecule has 0 radical (unpaired) electrons. The molecule has 0 saturated heterocycles. The summed E-state index contributed by atoms with van der Waals surface area (Å²) in [6.45, 7) is 2.96. The fourth-order valence-electron chi connectivity index (χ4n) is 4.02. The van der Waals surface area contributed by atoms with Gasteiger partial charge in [0.25, 0.3) is 0 Å². The predicted octanol–water partition coefficient (Wildman–Crippen LogP) is 4.06. The van der Waals surface area contributed by atoms with Crippen LogP contribution in [0.4, 0.5) is 13.2 Å². The third-order valence-corrected chi connectivity index (χ3v) is 5.51. The number of hydrogen-bond donors (Lipinski definition) is 1. The molecule has 0 fully saturated rings. The molecule has 3 unspecified atom stereocenters. The van der Waals surface area contributed by atoms with Gasteiger partial charge in [0.1, 0.15) is 17.3 Å². The minimum atomic E-state index is -5.39. The minimum absolute atomic E-state index is 0.0157. The number of aliphatic hydroxyl groups is 1. The second-order valence-electron chi connectivity index (χ2n) is 7.54. The molecule has 0 amide bonds. The number of aryl methyl sites for hydroxylation is 1. The van der Waals surface area contributed by atoms with Gasteiger partial charge in [-0.25, -0.2) is 4.79 Å². The summed E-state index contributed by atoms with van der Waals surface area (Å²) in [7, 11) is 0. The highest BCUT2D eigenvalue weighted by Gasteiger charge is 2.69. The minimum Gasteiger partial charge on any atom is -0.466 e. The van der Waals surface area contributed by atoms with E-state index >= 15 is 0 Å². The normalized spacial score (nSPS) is 22.8. The number of esters is 1. The van der Waals surface area contributed by atoms with Crippen molar-refractivity contribution in [2.45, 2.75) is 31.7 Å². The highest BCUT2D eigenvalue weighted by Crippen LogP contribution is 2.53. The van der Waals surface area contributed by atoms with Crippen LogP contribution in [0.3, 0.4) is 0 Å². The summed E-state index contributed by atoms with van der Waals surface area (Å²) < 4.78 is 58.0. The van der Waals surface area contributed by atoms with Gasteiger partial charge in [-0.3, -0.25) is 4.79 Å². The van der Waals surface area contributed by atoms with Crippen LogP contribution in [0, 0.1) is 12.8 Å². The smallest absolute Gasteiger partial charge is 0.456 e. The van der Waals surface area contributed by atoms with Crippen molar-refractivity contribution in [1.82, 2.24) is 0 Å². The van der Waals surface area contributed by atoms with Crippen LogP contribution in [-0.2, 0) is 9.53 Å². The summed E-state index contributed by atoms with van der Waals surface area (Å²) in [6, 6.07) is 12.1. The summed E-state index contributed by atoms with van der Waals surface area (Å²) in [5.74, 6) is -9.62. The zero-order valence-electron chi connectivity index (χ0n) is 17.1. The molecule has 32 heavy (non-hydrogen) atoms. The van der Waals surface area contributed by atoms with Crippen LogP contribution in [-0.4, -0.2) is 29.6 Å². The van der Waals surface area contributed by atoms with Gasteiger partial charge in [-0.1, -0.05) is 42.0 Å². The Bertz CT molecular complexity index is 1230. The van der Waals surface area contributed by atoms with Crippen molar-refractivity contribution >= 4 is 16.9 Å². The van der Waals surface area contributed by atoms with Crippen molar-refractivity contribution in [3.63, 3.8) is 0 Å². The Morgan fingerprint density at radius 3 is 2.44 bits per heavy atom. The SMILES string of the molecule is CCOC(=O)C1C(c2ccc(C)cc2)c2c(c3ccccc3oc2=O)OC1(O)C(F)(F)F. The highest BCUT2D eigenvalue weighted by atomic mass is 19.4. The Labute approximate surface area is 180 Å². The molecule has 3 atom stereocenters. The fraction of sp³-hybridized carbons (Fsp3) is 0.304. The Morgan fingerprint density at radius 1 is 1.16 bits per heavy atom. The number of rotatable bonds is 3. The molecule has 6 nitrogen and oxygen atoms in total. The predicted molar refractivity (Wildman–Crippen MR) is 107 cm³/mol. The molecule has 2 aromatic carbocycles. The maximum atomic E-state index is 14.2. The Kier molecular flexibility index (Phi) is 5.24. The molecule has 2 heterocycles. The van der Waals surface area contributed by atoms with E-state index in [0.29, 0.717) is 0 Å². The van der Waals surface area contributed by atoms with Gasteiger partial charge >= 0.3 is 23.6 Å². The second-order valence-corrected chi connectivity index (χ2v) is 7.54. The van der Waals surface area contributed by atoms with Gasteiger partial charge in [0.15, 0.2) is 0 Å². The molecule has 1 aromatic heterocycles. The van der Waals surface area contributed by atoms with Crippen molar-refractivity contribution in [2.75, 3.05) is 6.61 Å². The molecule has 0 saturated carbocycles. The van der Waals surface area contributed by atoms with E-state index in [4.69, 9.17) is 13.9 Å². The van der Waals surface area contributed by atoms with Crippen molar-refractivity contribution in [2.24, 2.45) is 5.92 Å². The van der Waals surface area contributed by atoms with E-state index in [9.17, 15) is 27.9 Å². The molecule has 1 aliphatic heterocycles. The topological polar surface area (TPSA) is 86.0 Å². The van der Waals surface area contributed by atoms with E-state index in [-0.39, 0.29) is 28.7 Å². The molecule has 1 aliphatic rings. The zero-order valence-corrected chi connectivity index (χ0v) is 17.1. The fourth-order valence-corrected chi connectivity index (χ4v) is 4.02. The van der Waals surface area contributed by atoms with E-state index in [1.165, 1.54) is 43.3 Å². The summed E-state index contributed by atoms with van der Waals surface area (Å²) in [5.41, 5.74) is -0.269. The molecule has 168 valence electrons. The maximum absolute atomic E-state index is 14.2. The van der Waals surface area contributed by atoms with Gasteiger partial charge in [0.2, 0.25) is 0 Å². The summed E-state index contributed by atoms with van der Waals surface area (Å²) in [6.07, 6.45) is -5.39. The first-order chi connectivity index (χ1) is 15.1. The highest BCUT2D eigenvalue weighted by molar-refractivity contribution is 5.87. The number of halogens is 3. The number of alkyl halides is 3. The van der Waals surface area contributed by atoms with Crippen LogP contribution in [0.5, 0.6) is 5.75 Å². The van der Waals surface area contributed by atoms with E-state index in [1.54, 1.807) is 19.1 Å². The molecule has 0 bridgehead atoms. The summed E-state index contributed by atoms with van der Waals surface area (Å²) in [5, 5.41) is 10.9. The lowest BCUT2D eigenvalue weighted by atomic mass is 9.73. The van der Waals surface area contributed by atoms with Crippen LogP contribution < -0.4 is 10.4 Å². The van der Waals surface area contributed by atoms with Crippen LogP contribution in [0.2, 0.25) is 0 Å². The number of fused-ring (bicyclic) bond motifs is 3. The van der Waals surface area contributed by atoms with Gasteiger partial charge in [-0.2, -0.15) is 13.2 Å². The third-order valence-electron chi connectivity index (χ3n) is 5.51. The lowest BCUT2D eigenvalue weighted by Gasteiger charge is -2.43. The van der Waals surface area contributed by atoms with E-state index in [0.717, 1.165) is 5.56 Å². The van der Waals surface area contributed by atoms with Crippen LogP contribution in [0.1, 0.15) is 29.5 Å². The van der Waals surface area contributed by atoms with Gasteiger partial charge in [-0.05, 0) is 31.5 Å². The lowest BCUT2D eigenvalue weighted by Crippen LogP contribution is -2.62. The molecule has 0 spiro atoms. The average molecular weight is 448 g/mol. The molecular formula is C23H19F3O6.